The van der Waals surface area contributed by atoms with Crippen molar-refractivity contribution in [1.82, 2.24) is 0 Å². The molecular formula is C36H58O7. The van der Waals surface area contributed by atoms with Crippen molar-refractivity contribution in [2.45, 2.75) is 154 Å². The zero-order valence-electron chi connectivity index (χ0n) is 27.4. The summed E-state index contributed by atoms with van der Waals surface area (Å²) in [5, 5.41) is 46.0. The van der Waals surface area contributed by atoms with Crippen molar-refractivity contribution < 1.29 is 34.8 Å². The van der Waals surface area contributed by atoms with E-state index in [1.165, 1.54) is 64.2 Å². The van der Waals surface area contributed by atoms with Crippen molar-refractivity contribution in [3.63, 3.8) is 0 Å². The molecule has 4 aliphatic carbocycles. The average Bonchev–Trinajstić information content (AvgIpc) is 3.40. The van der Waals surface area contributed by atoms with Crippen LogP contribution in [0.1, 0.15) is 131 Å². The van der Waals surface area contributed by atoms with E-state index < -0.39 is 57.8 Å². The number of fused-ring (bicyclic) bond motifs is 5. The molecule has 0 aliphatic heterocycles. The topological polar surface area (TPSA) is 124 Å². The number of hydrogen-bond donors (Lipinski definition) is 4. The number of Topliss-reactive ketones (excluding diaryl/α,β-unsaturated/α-hetero) is 1. The minimum Gasteiger partial charge on any atom is -0.455 e. The van der Waals surface area contributed by atoms with Crippen LogP contribution in [-0.2, 0) is 14.3 Å². The molecular weight excluding hydrogens is 544 g/mol. The molecule has 2 saturated carbocycles. The molecule has 0 unspecified atom stereocenters. The van der Waals surface area contributed by atoms with Crippen molar-refractivity contribution in [1.29, 1.82) is 0 Å². The number of hydrogen-bond acceptors (Lipinski definition) is 7. The van der Waals surface area contributed by atoms with Crippen LogP contribution < -0.4 is 0 Å². The van der Waals surface area contributed by atoms with Gasteiger partial charge in [0.2, 0.25) is 0 Å². The van der Waals surface area contributed by atoms with Crippen LogP contribution in [0, 0.1) is 29.1 Å². The predicted molar refractivity (Wildman–Crippen MR) is 167 cm³/mol. The SMILES string of the molecule is CCCCCCCCCCCCCCCC(=O)O[C@@]12[C@H](O)[C@@H](C)[C@@]3(O)[C@@H](C=C(CO)C[C@]4(O)C(=O)C(C)=C[C@@H]34)[C@@H]1C2(C)C. The van der Waals surface area contributed by atoms with Gasteiger partial charge >= 0.3 is 5.97 Å². The van der Waals surface area contributed by atoms with E-state index in [4.69, 9.17) is 4.74 Å². The van der Waals surface area contributed by atoms with Gasteiger partial charge < -0.3 is 25.2 Å². The molecule has 43 heavy (non-hydrogen) atoms. The van der Waals surface area contributed by atoms with Crippen LogP contribution in [-0.4, -0.2) is 61.7 Å². The highest BCUT2D eigenvalue weighted by Gasteiger charge is 2.86. The van der Waals surface area contributed by atoms with E-state index in [0.717, 1.165) is 19.3 Å². The van der Waals surface area contributed by atoms with Crippen molar-refractivity contribution in [2.24, 2.45) is 29.1 Å². The molecule has 8 atom stereocenters. The number of esters is 1. The van der Waals surface area contributed by atoms with Gasteiger partial charge in [-0.15, -0.1) is 0 Å². The Kier molecular flexibility index (Phi) is 10.7. The van der Waals surface area contributed by atoms with E-state index in [1.807, 2.05) is 13.8 Å². The molecule has 4 aliphatic rings. The molecule has 0 bridgehead atoms. The van der Waals surface area contributed by atoms with Gasteiger partial charge in [-0.2, -0.15) is 0 Å². The van der Waals surface area contributed by atoms with Crippen LogP contribution >= 0.6 is 0 Å². The van der Waals surface area contributed by atoms with E-state index in [-0.39, 0.29) is 25.4 Å². The Labute approximate surface area is 259 Å². The maximum atomic E-state index is 13.2. The van der Waals surface area contributed by atoms with Crippen LogP contribution in [0.4, 0.5) is 0 Å². The fourth-order valence-corrected chi connectivity index (χ4v) is 9.19. The van der Waals surface area contributed by atoms with E-state index in [9.17, 15) is 30.0 Å². The van der Waals surface area contributed by atoms with Crippen LogP contribution in [0.3, 0.4) is 0 Å². The Bertz CT molecular complexity index is 1080. The van der Waals surface area contributed by atoms with Crippen LogP contribution in [0.5, 0.6) is 0 Å². The van der Waals surface area contributed by atoms with Gasteiger partial charge in [0.15, 0.2) is 5.78 Å². The number of carbonyl (C=O) groups is 2. The summed E-state index contributed by atoms with van der Waals surface area (Å²) < 4.78 is 6.20. The van der Waals surface area contributed by atoms with Crippen molar-refractivity contribution in [3.8, 4) is 0 Å². The Hall–Kier alpha value is -1.54. The number of aliphatic hydroxyl groups is 4. The fourth-order valence-electron chi connectivity index (χ4n) is 9.19. The van der Waals surface area contributed by atoms with Crippen LogP contribution in [0.2, 0.25) is 0 Å². The van der Waals surface area contributed by atoms with Gasteiger partial charge in [-0.05, 0) is 24.5 Å². The van der Waals surface area contributed by atoms with Crippen molar-refractivity contribution in [2.75, 3.05) is 6.61 Å². The Balaban J connectivity index is 1.34. The minimum absolute atomic E-state index is 0.0819. The second-order valence-corrected chi connectivity index (χ2v) is 14.8. The van der Waals surface area contributed by atoms with E-state index in [1.54, 1.807) is 26.0 Å². The molecule has 7 nitrogen and oxygen atoms in total. The smallest absolute Gasteiger partial charge is 0.306 e. The lowest BCUT2D eigenvalue weighted by Crippen LogP contribution is -2.65. The number of ketones is 1. The standard InChI is InChI=1S/C36H58O7/c1-6-7-8-9-10-11-12-13-14-15-16-17-18-19-29(38)43-36-30(33(36,4)5)27-21-26(23-37)22-34(41)28(20-24(2)31(34)39)35(27,42)25(3)32(36)40/h20-21,25,27-28,30,32,37,40-42H,6-19,22-23H2,1-5H3/t25-,27+,28-,30-,32-,34-,35-,36-/m1/s1. The second-order valence-electron chi connectivity index (χ2n) is 14.8. The summed E-state index contributed by atoms with van der Waals surface area (Å²) >= 11 is 0. The van der Waals surface area contributed by atoms with Gasteiger partial charge in [0.1, 0.15) is 11.2 Å². The Morgan fingerprint density at radius 3 is 2.00 bits per heavy atom. The van der Waals surface area contributed by atoms with Gasteiger partial charge in [-0.3, -0.25) is 9.59 Å². The highest BCUT2D eigenvalue weighted by Crippen LogP contribution is 2.76. The lowest BCUT2D eigenvalue weighted by Gasteiger charge is -2.52. The summed E-state index contributed by atoms with van der Waals surface area (Å²) in [7, 11) is 0. The summed E-state index contributed by atoms with van der Waals surface area (Å²) in [6.07, 6.45) is 18.3. The quantitative estimate of drug-likeness (QED) is 0.0976. The number of unbranched alkanes of at least 4 members (excludes halogenated alkanes) is 12. The first-order valence-electron chi connectivity index (χ1n) is 17.2. The normalized spacial score (nSPS) is 37.5. The number of carbonyl (C=O) groups excluding carboxylic acids is 2. The van der Waals surface area contributed by atoms with Gasteiger partial charge in [0.05, 0.1) is 18.3 Å². The molecule has 0 saturated heterocycles. The Morgan fingerprint density at radius 1 is 0.930 bits per heavy atom. The zero-order chi connectivity index (χ0) is 31.6. The third kappa shape index (κ3) is 5.93. The monoisotopic (exact) mass is 602 g/mol. The fraction of sp³-hybridized carbons (Fsp3) is 0.833. The first-order chi connectivity index (χ1) is 20.3. The summed E-state index contributed by atoms with van der Waals surface area (Å²) in [5.74, 6) is -3.60. The molecule has 4 rings (SSSR count). The molecule has 4 N–H and O–H groups in total. The highest BCUT2D eigenvalue weighted by molar-refractivity contribution is 6.04. The molecule has 2 fully saturated rings. The molecule has 0 aromatic carbocycles. The maximum Gasteiger partial charge on any atom is 0.306 e. The zero-order valence-corrected chi connectivity index (χ0v) is 27.4. The first kappa shape index (κ1) is 34.3. The predicted octanol–water partition coefficient (Wildman–Crippen LogP) is 5.96. The molecule has 0 radical (unpaired) electrons. The number of rotatable bonds is 16. The lowest BCUT2D eigenvalue weighted by molar-refractivity contribution is -0.219. The summed E-state index contributed by atoms with van der Waals surface area (Å²) in [5.41, 5.74) is -4.54. The molecule has 0 heterocycles. The Morgan fingerprint density at radius 2 is 1.47 bits per heavy atom. The molecule has 0 aromatic heterocycles. The van der Waals surface area contributed by atoms with Gasteiger partial charge in [0, 0.05) is 41.9 Å². The molecule has 0 aromatic rings. The number of ether oxygens (including phenoxy) is 1. The third-order valence-corrected chi connectivity index (χ3v) is 11.8. The average molecular weight is 603 g/mol. The van der Waals surface area contributed by atoms with Gasteiger partial charge in [-0.1, -0.05) is 117 Å². The summed E-state index contributed by atoms with van der Waals surface area (Å²) in [6, 6.07) is 0. The van der Waals surface area contributed by atoms with E-state index in [0.29, 0.717) is 11.1 Å². The van der Waals surface area contributed by atoms with E-state index >= 15 is 0 Å². The maximum absolute atomic E-state index is 13.2. The summed E-state index contributed by atoms with van der Waals surface area (Å²) in [6.45, 7) is 9.13. The molecule has 0 spiro atoms. The summed E-state index contributed by atoms with van der Waals surface area (Å²) in [4.78, 5) is 26.3. The highest BCUT2D eigenvalue weighted by atomic mass is 16.6. The minimum atomic E-state index is -1.89. The first-order valence-corrected chi connectivity index (χ1v) is 17.2. The van der Waals surface area contributed by atoms with Gasteiger partial charge in [0.25, 0.3) is 0 Å². The lowest BCUT2D eigenvalue weighted by atomic mass is 9.59. The van der Waals surface area contributed by atoms with Crippen LogP contribution in [0.25, 0.3) is 0 Å². The molecule has 7 heteroatoms. The largest absolute Gasteiger partial charge is 0.455 e. The molecule has 0 amide bonds. The second kappa shape index (κ2) is 13.4. The van der Waals surface area contributed by atoms with E-state index in [2.05, 4.69) is 6.92 Å². The van der Waals surface area contributed by atoms with Crippen LogP contribution in [0.15, 0.2) is 23.3 Å². The number of aliphatic hydroxyl groups excluding tert-OH is 2. The third-order valence-electron chi connectivity index (χ3n) is 11.8. The van der Waals surface area contributed by atoms with Crippen molar-refractivity contribution >= 4 is 11.8 Å². The molecule has 244 valence electrons. The van der Waals surface area contributed by atoms with Gasteiger partial charge in [-0.25, -0.2) is 0 Å². The van der Waals surface area contributed by atoms with Crippen molar-refractivity contribution in [3.05, 3.63) is 23.3 Å².